The molecule has 0 fully saturated rings. The maximum Gasteiger partial charge on any atom is 0.328 e. The zero-order valence-electron chi connectivity index (χ0n) is 16.0. The van der Waals surface area contributed by atoms with Crippen molar-refractivity contribution < 1.29 is 38.7 Å². The molecule has 1 heterocycles. The number of carboxylic acids is 1. The fourth-order valence-corrected chi connectivity index (χ4v) is 3.29. The first kappa shape index (κ1) is 20.1. The van der Waals surface area contributed by atoms with E-state index in [-0.39, 0.29) is 11.5 Å². The molecule has 2 N–H and O–H groups in total. The van der Waals surface area contributed by atoms with Crippen LogP contribution in [0.15, 0.2) is 36.4 Å². The van der Waals surface area contributed by atoms with Gasteiger partial charge in [0.25, 0.3) is 0 Å². The van der Waals surface area contributed by atoms with Gasteiger partial charge in [-0.3, -0.25) is 4.79 Å². The van der Waals surface area contributed by atoms with Gasteiger partial charge in [-0.1, -0.05) is 6.07 Å². The van der Waals surface area contributed by atoms with E-state index < -0.39 is 24.0 Å². The molecule has 8 heteroatoms. The van der Waals surface area contributed by atoms with Crippen LogP contribution in [0.4, 0.5) is 0 Å². The van der Waals surface area contributed by atoms with Gasteiger partial charge in [0.2, 0.25) is 0 Å². The second-order valence-corrected chi connectivity index (χ2v) is 6.28. The fraction of sp³-hybridized carbons (Fsp3) is 0.238. The molecule has 2 aromatic rings. The summed E-state index contributed by atoms with van der Waals surface area (Å²) in [7, 11) is 4.15. The third kappa shape index (κ3) is 3.82. The molecule has 0 saturated heterocycles. The largest absolute Gasteiger partial charge is 0.504 e. The summed E-state index contributed by atoms with van der Waals surface area (Å²) >= 11 is 0. The molecule has 0 bridgehead atoms. The van der Waals surface area contributed by atoms with E-state index in [4.69, 9.17) is 24.1 Å². The van der Waals surface area contributed by atoms with E-state index in [0.717, 1.165) is 6.08 Å². The number of aromatic hydroxyl groups is 1. The first-order chi connectivity index (χ1) is 13.9. The van der Waals surface area contributed by atoms with Crippen LogP contribution >= 0.6 is 0 Å². The molecule has 0 saturated carbocycles. The molecule has 0 aromatic heterocycles. The van der Waals surface area contributed by atoms with Crippen molar-refractivity contribution in [2.24, 2.45) is 0 Å². The average molecular weight is 400 g/mol. The number of phenolic OH excluding ortho intramolecular Hbond substituents is 1. The average Bonchev–Trinajstić information content (AvgIpc) is 3.10. The summed E-state index contributed by atoms with van der Waals surface area (Å²) < 4.78 is 21.6. The van der Waals surface area contributed by atoms with Crippen LogP contribution < -0.4 is 14.2 Å². The highest BCUT2D eigenvalue weighted by Crippen LogP contribution is 2.52. The van der Waals surface area contributed by atoms with Gasteiger partial charge in [-0.25, -0.2) is 4.79 Å². The smallest absolute Gasteiger partial charge is 0.328 e. The van der Waals surface area contributed by atoms with Crippen LogP contribution in [0.2, 0.25) is 0 Å². The molecule has 0 radical (unpaired) electrons. The summed E-state index contributed by atoms with van der Waals surface area (Å²) in [6, 6.07) is 7.94. The summed E-state index contributed by atoms with van der Waals surface area (Å²) in [6.45, 7) is 0. The summed E-state index contributed by atoms with van der Waals surface area (Å²) in [5, 5.41) is 18.7. The number of rotatable bonds is 6. The number of carboxylic acid groups (broad SMARTS) is 1. The number of phenols is 1. The quantitative estimate of drug-likeness (QED) is 0.562. The number of ether oxygens (including phenoxy) is 4. The SMILES string of the molecule is COC(=O)C1c2cc(/C=C/C(=O)O)cc(OC)c2OC1c1ccc(O)c(OC)c1. The maximum atomic E-state index is 12.6. The van der Waals surface area contributed by atoms with Crippen LogP contribution in [0.1, 0.15) is 28.7 Å². The van der Waals surface area contributed by atoms with E-state index in [1.807, 2.05) is 0 Å². The zero-order chi connectivity index (χ0) is 21.1. The van der Waals surface area contributed by atoms with Crippen LogP contribution in [0, 0.1) is 0 Å². The monoisotopic (exact) mass is 400 g/mol. The van der Waals surface area contributed by atoms with Crippen molar-refractivity contribution >= 4 is 18.0 Å². The van der Waals surface area contributed by atoms with E-state index in [2.05, 4.69) is 0 Å². The first-order valence-corrected chi connectivity index (χ1v) is 8.64. The molecule has 29 heavy (non-hydrogen) atoms. The molecule has 3 rings (SSSR count). The Morgan fingerprint density at radius 2 is 1.79 bits per heavy atom. The Bertz CT molecular complexity index is 979. The molecular weight excluding hydrogens is 380 g/mol. The zero-order valence-corrected chi connectivity index (χ0v) is 16.0. The number of benzene rings is 2. The summed E-state index contributed by atoms with van der Waals surface area (Å²) in [6.07, 6.45) is 1.64. The van der Waals surface area contributed by atoms with Crippen molar-refractivity contribution in [3.8, 4) is 23.0 Å². The number of esters is 1. The molecule has 8 nitrogen and oxygen atoms in total. The molecule has 2 unspecified atom stereocenters. The lowest BCUT2D eigenvalue weighted by Crippen LogP contribution is -2.20. The lowest BCUT2D eigenvalue weighted by Gasteiger charge is -2.18. The summed E-state index contributed by atoms with van der Waals surface area (Å²) in [5.41, 5.74) is 1.64. The molecule has 0 amide bonds. The maximum absolute atomic E-state index is 12.6. The normalized spacial score (nSPS) is 17.5. The molecule has 1 aliphatic heterocycles. The van der Waals surface area contributed by atoms with Gasteiger partial charge >= 0.3 is 11.9 Å². The predicted octanol–water partition coefficient (Wildman–Crippen LogP) is 2.90. The van der Waals surface area contributed by atoms with Gasteiger partial charge < -0.3 is 29.2 Å². The van der Waals surface area contributed by atoms with Crippen molar-refractivity contribution in [2.75, 3.05) is 21.3 Å². The van der Waals surface area contributed by atoms with Crippen LogP contribution in [0.3, 0.4) is 0 Å². The summed E-state index contributed by atoms with van der Waals surface area (Å²) in [4.78, 5) is 23.5. The van der Waals surface area contributed by atoms with E-state index in [1.165, 1.54) is 33.5 Å². The van der Waals surface area contributed by atoms with Crippen molar-refractivity contribution in [1.29, 1.82) is 0 Å². The van der Waals surface area contributed by atoms with Gasteiger partial charge in [-0.2, -0.15) is 0 Å². The molecule has 0 spiro atoms. The fourth-order valence-electron chi connectivity index (χ4n) is 3.29. The Balaban J connectivity index is 2.13. The highest BCUT2D eigenvalue weighted by atomic mass is 16.5. The highest BCUT2D eigenvalue weighted by molar-refractivity contribution is 5.87. The minimum Gasteiger partial charge on any atom is -0.504 e. The Morgan fingerprint density at radius 1 is 1.07 bits per heavy atom. The Hall–Kier alpha value is -3.68. The van der Waals surface area contributed by atoms with Crippen molar-refractivity contribution in [2.45, 2.75) is 12.0 Å². The predicted molar refractivity (Wildman–Crippen MR) is 102 cm³/mol. The third-order valence-electron chi connectivity index (χ3n) is 4.61. The number of carbonyl (C=O) groups excluding carboxylic acids is 1. The lowest BCUT2D eigenvalue weighted by atomic mass is 9.90. The van der Waals surface area contributed by atoms with Crippen LogP contribution in [-0.4, -0.2) is 43.5 Å². The number of hydrogen-bond acceptors (Lipinski definition) is 7. The molecule has 1 aliphatic rings. The second-order valence-electron chi connectivity index (χ2n) is 6.28. The number of methoxy groups -OCH3 is 3. The van der Waals surface area contributed by atoms with E-state index in [9.17, 15) is 14.7 Å². The number of fused-ring (bicyclic) bond motifs is 1. The molecule has 152 valence electrons. The third-order valence-corrected chi connectivity index (χ3v) is 4.61. The molecule has 0 aliphatic carbocycles. The van der Waals surface area contributed by atoms with Gasteiger partial charge in [-0.05, 0) is 41.5 Å². The molecular formula is C21H20O8. The first-order valence-electron chi connectivity index (χ1n) is 8.64. The van der Waals surface area contributed by atoms with Crippen molar-refractivity contribution in [1.82, 2.24) is 0 Å². The number of carbonyl (C=O) groups is 2. The van der Waals surface area contributed by atoms with E-state index in [0.29, 0.717) is 28.2 Å². The van der Waals surface area contributed by atoms with Gasteiger partial charge in [0.05, 0.1) is 21.3 Å². The van der Waals surface area contributed by atoms with E-state index >= 15 is 0 Å². The minimum atomic E-state index is -1.10. The Kier molecular flexibility index (Phi) is 5.63. The Morgan fingerprint density at radius 3 is 2.41 bits per heavy atom. The van der Waals surface area contributed by atoms with Crippen LogP contribution in [-0.2, 0) is 14.3 Å². The lowest BCUT2D eigenvalue weighted by molar-refractivity contribution is -0.144. The van der Waals surface area contributed by atoms with Crippen LogP contribution in [0.5, 0.6) is 23.0 Å². The van der Waals surface area contributed by atoms with Gasteiger partial charge in [0.15, 0.2) is 23.0 Å². The molecule has 2 atom stereocenters. The standard InChI is InChI=1S/C21H20O8/c1-26-15-10-12(5-6-14(15)22)19-18(21(25)28-3)13-8-11(4-7-17(23)24)9-16(27-2)20(13)29-19/h4-10,18-19,22H,1-3H3,(H,23,24)/b7-4+. The van der Waals surface area contributed by atoms with Crippen LogP contribution in [0.25, 0.3) is 6.08 Å². The number of aliphatic carboxylic acids is 1. The topological polar surface area (TPSA) is 112 Å². The highest BCUT2D eigenvalue weighted by Gasteiger charge is 2.43. The van der Waals surface area contributed by atoms with Gasteiger partial charge in [0, 0.05) is 11.6 Å². The second kappa shape index (κ2) is 8.14. The Labute approximate surface area is 166 Å². The van der Waals surface area contributed by atoms with E-state index in [1.54, 1.807) is 24.3 Å². The minimum absolute atomic E-state index is 0.0416. The van der Waals surface area contributed by atoms with Crippen molar-refractivity contribution in [3.63, 3.8) is 0 Å². The number of hydrogen-bond donors (Lipinski definition) is 2. The van der Waals surface area contributed by atoms with Crippen molar-refractivity contribution in [3.05, 3.63) is 53.1 Å². The summed E-state index contributed by atoms with van der Waals surface area (Å²) in [5.74, 6) is -1.53. The van der Waals surface area contributed by atoms with Gasteiger partial charge in [0.1, 0.15) is 12.0 Å². The molecule has 2 aromatic carbocycles. The van der Waals surface area contributed by atoms with Gasteiger partial charge in [-0.15, -0.1) is 0 Å².